The topological polar surface area (TPSA) is 63.7 Å². The fourth-order valence-corrected chi connectivity index (χ4v) is 3.60. The number of nitrogens with zero attached hydrogens (tertiary/aromatic N) is 2. The third-order valence-electron chi connectivity index (χ3n) is 3.84. The summed E-state index contributed by atoms with van der Waals surface area (Å²) in [5, 5.41) is 5.23. The van der Waals surface area contributed by atoms with Crippen molar-refractivity contribution in [2.24, 2.45) is 0 Å². The number of anilines is 1. The Morgan fingerprint density at radius 3 is 3.00 bits per heavy atom. The predicted molar refractivity (Wildman–Crippen MR) is 101 cm³/mol. The Bertz CT molecular complexity index is 767. The highest BCUT2D eigenvalue weighted by molar-refractivity contribution is 9.10. The minimum absolute atomic E-state index is 0.312. The van der Waals surface area contributed by atoms with Gasteiger partial charge in [0.2, 0.25) is 0 Å². The molecule has 1 atom stereocenters. The maximum Gasteiger partial charge on any atom is 0.266 e. The number of ether oxygens (including phenoxy) is 2. The molecule has 0 aliphatic carbocycles. The molecule has 0 radical (unpaired) electrons. The van der Waals surface area contributed by atoms with E-state index >= 15 is 0 Å². The van der Waals surface area contributed by atoms with Crippen LogP contribution in [-0.2, 0) is 16.1 Å². The van der Waals surface area contributed by atoms with Crippen LogP contribution < -0.4 is 10.1 Å². The van der Waals surface area contributed by atoms with E-state index < -0.39 is 6.10 Å². The molecule has 1 fully saturated rings. The highest BCUT2D eigenvalue weighted by Gasteiger charge is 2.18. The lowest BCUT2D eigenvalue weighted by molar-refractivity contribution is -0.122. The van der Waals surface area contributed by atoms with Gasteiger partial charge >= 0.3 is 0 Å². The SMILES string of the molecule is CC(Oc1ccc(F)cc1Br)C(=O)Nc1nc(CN2CCOCC2)cs1. The van der Waals surface area contributed by atoms with Gasteiger partial charge in [0.1, 0.15) is 11.6 Å². The molecule has 3 rings (SSSR count). The smallest absolute Gasteiger partial charge is 0.266 e. The van der Waals surface area contributed by atoms with Crippen LogP contribution in [0.2, 0.25) is 0 Å². The Balaban J connectivity index is 1.53. The second-order valence-corrected chi connectivity index (χ2v) is 7.57. The van der Waals surface area contributed by atoms with E-state index in [1.165, 1.54) is 29.5 Å². The molecule has 0 spiro atoms. The third-order valence-corrected chi connectivity index (χ3v) is 5.26. The second kappa shape index (κ2) is 8.90. The molecule has 2 aromatic rings. The van der Waals surface area contributed by atoms with Gasteiger partial charge in [-0.25, -0.2) is 9.37 Å². The molecule has 0 bridgehead atoms. The zero-order chi connectivity index (χ0) is 18.5. The number of morpholine rings is 1. The molecule has 1 aliphatic rings. The van der Waals surface area contributed by atoms with Crippen LogP contribution in [0.3, 0.4) is 0 Å². The third kappa shape index (κ3) is 5.23. The average Bonchev–Trinajstić information content (AvgIpc) is 3.05. The Morgan fingerprint density at radius 1 is 1.50 bits per heavy atom. The van der Waals surface area contributed by atoms with Crippen LogP contribution >= 0.6 is 27.3 Å². The van der Waals surface area contributed by atoms with Crippen molar-refractivity contribution in [1.82, 2.24) is 9.88 Å². The summed E-state index contributed by atoms with van der Waals surface area (Å²) in [6.07, 6.45) is -0.747. The van der Waals surface area contributed by atoms with Gasteiger partial charge in [0.15, 0.2) is 11.2 Å². The van der Waals surface area contributed by atoms with Gasteiger partial charge in [0.25, 0.3) is 5.91 Å². The molecule has 1 unspecified atom stereocenters. The normalized spacial score (nSPS) is 16.3. The van der Waals surface area contributed by atoms with Gasteiger partial charge in [0.05, 0.1) is 23.4 Å². The van der Waals surface area contributed by atoms with E-state index in [1.54, 1.807) is 6.92 Å². The van der Waals surface area contributed by atoms with Crippen LogP contribution in [0.4, 0.5) is 9.52 Å². The van der Waals surface area contributed by atoms with E-state index in [9.17, 15) is 9.18 Å². The van der Waals surface area contributed by atoms with Gasteiger partial charge < -0.3 is 9.47 Å². The molecule has 1 saturated heterocycles. The molecule has 1 aromatic heterocycles. The Hall–Kier alpha value is -1.55. The van der Waals surface area contributed by atoms with Crippen molar-refractivity contribution in [2.45, 2.75) is 19.6 Å². The minimum atomic E-state index is -0.747. The van der Waals surface area contributed by atoms with Crippen molar-refractivity contribution in [1.29, 1.82) is 0 Å². The van der Waals surface area contributed by atoms with E-state index in [1.807, 2.05) is 5.38 Å². The second-order valence-electron chi connectivity index (χ2n) is 5.86. The molecule has 26 heavy (non-hydrogen) atoms. The first-order chi connectivity index (χ1) is 12.5. The number of hydrogen-bond acceptors (Lipinski definition) is 6. The predicted octanol–water partition coefficient (Wildman–Crippen LogP) is 3.28. The number of benzene rings is 1. The fraction of sp³-hybridized carbons (Fsp3) is 0.412. The number of thiazole rings is 1. The van der Waals surface area contributed by atoms with Crippen molar-refractivity contribution in [3.63, 3.8) is 0 Å². The highest BCUT2D eigenvalue weighted by atomic mass is 79.9. The zero-order valence-electron chi connectivity index (χ0n) is 14.2. The largest absolute Gasteiger partial charge is 0.480 e. The van der Waals surface area contributed by atoms with Crippen LogP contribution in [0.5, 0.6) is 5.75 Å². The molecular weight excluding hydrogens is 425 g/mol. The minimum Gasteiger partial charge on any atom is -0.480 e. The quantitative estimate of drug-likeness (QED) is 0.741. The summed E-state index contributed by atoms with van der Waals surface area (Å²) in [7, 11) is 0. The van der Waals surface area contributed by atoms with E-state index in [0.29, 0.717) is 15.4 Å². The summed E-state index contributed by atoms with van der Waals surface area (Å²) in [6.45, 7) is 5.62. The Kier molecular flexibility index (Phi) is 6.58. The molecule has 9 heteroatoms. The van der Waals surface area contributed by atoms with Gasteiger partial charge in [-0.15, -0.1) is 11.3 Å². The van der Waals surface area contributed by atoms with Crippen molar-refractivity contribution in [2.75, 3.05) is 31.6 Å². The van der Waals surface area contributed by atoms with Crippen LogP contribution in [0.15, 0.2) is 28.1 Å². The average molecular weight is 444 g/mol. The monoisotopic (exact) mass is 443 g/mol. The Labute approximate surface area is 163 Å². The molecule has 6 nitrogen and oxygen atoms in total. The van der Waals surface area contributed by atoms with Gasteiger partial charge in [0, 0.05) is 25.0 Å². The number of hydrogen-bond donors (Lipinski definition) is 1. The van der Waals surface area contributed by atoms with Crippen LogP contribution in [-0.4, -0.2) is 48.2 Å². The maximum absolute atomic E-state index is 13.1. The van der Waals surface area contributed by atoms with Gasteiger partial charge in [-0.05, 0) is 41.1 Å². The van der Waals surface area contributed by atoms with Crippen LogP contribution in [0.1, 0.15) is 12.6 Å². The molecule has 0 saturated carbocycles. The first kappa shape index (κ1) is 19.2. The number of rotatable bonds is 6. The molecule has 140 valence electrons. The van der Waals surface area contributed by atoms with Crippen LogP contribution in [0, 0.1) is 5.82 Å². The lowest BCUT2D eigenvalue weighted by Gasteiger charge is -2.25. The zero-order valence-corrected chi connectivity index (χ0v) is 16.6. The lowest BCUT2D eigenvalue weighted by Crippen LogP contribution is -2.35. The maximum atomic E-state index is 13.1. The summed E-state index contributed by atoms with van der Waals surface area (Å²) in [6, 6.07) is 4.05. The van der Waals surface area contributed by atoms with E-state index in [4.69, 9.17) is 9.47 Å². The van der Waals surface area contributed by atoms with Crippen molar-refractivity contribution >= 4 is 38.3 Å². The molecule has 1 aliphatic heterocycles. The molecule has 1 amide bonds. The summed E-state index contributed by atoms with van der Waals surface area (Å²) in [5.74, 6) is -0.286. The number of halogens is 2. The number of carbonyl (C=O) groups is 1. The summed E-state index contributed by atoms with van der Waals surface area (Å²) < 4.78 is 24.5. The lowest BCUT2D eigenvalue weighted by atomic mass is 10.3. The number of aromatic nitrogens is 1. The number of carbonyl (C=O) groups excluding carboxylic acids is 1. The highest BCUT2D eigenvalue weighted by Crippen LogP contribution is 2.26. The Morgan fingerprint density at radius 2 is 2.27 bits per heavy atom. The van der Waals surface area contributed by atoms with E-state index in [2.05, 4.69) is 31.1 Å². The number of amides is 1. The van der Waals surface area contributed by atoms with Crippen molar-refractivity contribution in [3.8, 4) is 5.75 Å². The summed E-state index contributed by atoms with van der Waals surface area (Å²) in [5.41, 5.74) is 0.919. The summed E-state index contributed by atoms with van der Waals surface area (Å²) in [4.78, 5) is 19.0. The van der Waals surface area contributed by atoms with Gasteiger partial charge in [-0.2, -0.15) is 0 Å². The molecule has 1 N–H and O–H groups in total. The standard InChI is InChI=1S/C17H19BrFN3O3S/c1-11(25-15-3-2-12(19)8-14(15)18)16(23)21-17-20-13(10-26-17)9-22-4-6-24-7-5-22/h2-3,8,10-11H,4-7,9H2,1H3,(H,20,21,23). The molecule has 2 heterocycles. The van der Waals surface area contributed by atoms with E-state index in [0.717, 1.165) is 38.5 Å². The first-order valence-corrected chi connectivity index (χ1v) is 9.85. The van der Waals surface area contributed by atoms with E-state index in [-0.39, 0.29) is 11.7 Å². The van der Waals surface area contributed by atoms with Gasteiger partial charge in [-0.3, -0.25) is 15.0 Å². The number of nitrogens with one attached hydrogen (secondary N) is 1. The fourth-order valence-electron chi connectivity index (χ4n) is 2.45. The molecule has 1 aromatic carbocycles. The first-order valence-electron chi connectivity index (χ1n) is 8.18. The summed E-state index contributed by atoms with van der Waals surface area (Å²) >= 11 is 4.60. The van der Waals surface area contributed by atoms with Crippen molar-refractivity contribution in [3.05, 3.63) is 39.6 Å². The molecular formula is C17H19BrFN3O3S. The van der Waals surface area contributed by atoms with Crippen molar-refractivity contribution < 1.29 is 18.7 Å². The van der Waals surface area contributed by atoms with Crippen LogP contribution in [0.25, 0.3) is 0 Å². The van der Waals surface area contributed by atoms with Gasteiger partial charge in [-0.1, -0.05) is 0 Å².